The topological polar surface area (TPSA) is 59.3 Å². The van der Waals surface area contributed by atoms with Crippen molar-refractivity contribution < 1.29 is 18.7 Å². The number of hydrogen-bond acceptors (Lipinski definition) is 2. The average molecular weight is 321 g/mol. The first-order valence-electron chi connectivity index (χ1n) is 7.43. The molecule has 1 aromatic heterocycles. The SMILES string of the molecule is CC(C)(C)c1c(F)cc2c(=O)c(C(=O)O)cn(C3CC3)c2c1F. The summed E-state index contributed by atoms with van der Waals surface area (Å²) < 4.78 is 30.9. The van der Waals surface area contributed by atoms with E-state index >= 15 is 4.39 Å². The van der Waals surface area contributed by atoms with E-state index in [1.54, 1.807) is 20.8 Å². The van der Waals surface area contributed by atoms with Gasteiger partial charge in [-0.25, -0.2) is 13.6 Å². The number of rotatable bonds is 2. The van der Waals surface area contributed by atoms with Crippen LogP contribution in [0.5, 0.6) is 0 Å². The third kappa shape index (κ3) is 2.42. The summed E-state index contributed by atoms with van der Waals surface area (Å²) in [6.07, 6.45) is 2.73. The van der Waals surface area contributed by atoms with Gasteiger partial charge in [0.05, 0.1) is 10.9 Å². The molecule has 0 aliphatic heterocycles. The standard InChI is InChI=1S/C17H17F2NO3/c1-17(2,3)12-11(18)6-9-14(13(12)19)20(8-4-5-8)7-10(15(9)21)16(22)23/h6-8H,4-5H2,1-3H3,(H,22,23). The quantitative estimate of drug-likeness (QED) is 0.919. The first-order valence-corrected chi connectivity index (χ1v) is 7.43. The largest absolute Gasteiger partial charge is 0.477 e. The second-order valence-corrected chi connectivity index (χ2v) is 7.01. The van der Waals surface area contributed by atoms with E-state index in [2.05, 4.69) is 0 Å². The van der Waals surface area contributed by atoms with Crippen LogP contribution in [0, 0.1) is 11.6 Å². The molecule has 0 bridgehead atoms. The van der Waals surface area contributed by atoms with Gasteiger partial charge in [-0.2, -0.15) is 0 Å². The molecule has 0 atom stereocenters. The van der Waals surface area contributed by atoms with Crippen LogP contribution >= 0.6 is 0 Å². The number of fused-ring (bicyclic) bond motifs is 1. The summed E-state index contributed by atoms with van der Waals surface area (Å²) in [5.41, 5.74) is -2.21. The van der Waals surface area contributed by atoms with E-state index in [4.69, 9.17) is 0 Å². The molecule has 1 N–H and O–H groups in total. The monoisotopic (exact) mass is 321 g/mol. The van der Waals surface area contributed by atoms with Gasteiger partial charge in [0.25, 0.3) is 0 Å². The predicted octanol–water partition coefficient (Wildman–Crippen LogP) is 3.61. The number of halogens is 2. The Balaban J connectivity index is 2.51. The highest BCUT2D eigenvalue weighted by Crippen LogP contribution is 2.39. The van der Waals surface area contributed by atoms with Gasteiger partial charge in [-0.1, -0.05) is 20.8 Å². The normalized spacial score (nSPS) is 15.2. The maximum absolute atomic E-state index is 15.0. The first kappa shape index (κ1) is 15.6. The average Bonchev–Trinajstić information content (AvgIpc) is 3.22. The molecule has 0 saturated heterocycles. The maximum Gasteiger partial charge on any atom is 0.341 e. The van der Waals surface area contributed by atoms with Crippen LogP contribution < -0.4 is 5.43 Å². The fourth-order valence-electron chi connectivity index (χ4n) is 2.92. The van der Waals surface area contributed by atoms with Crippen LogP contribution in [0.15, 0.2) is 17.1 Å². The van der Waals surface area contributed by atoms with Crippen molar-refractivity contribution in [2.45, 2.75) is 45.1 Å². The van der Waals surface area contributed by atoms with Gasteiger partial charge < -0.3 is 9.67 Å². The molecule has 3 rings (SSSR count). The summed E-state index contributed by atoms with van der Waals surface area (Å²) in [6, 6.07) is 0.913. The Kier molecular flexibility index (Phi) is 3.32. The predicted molar refractivity (Wildman–Crippen MR) is 82.1 cm³/mol. The van der Waals surface area contributed by atoms with Gasteiger partial charge in [-0.15, -0.1) is 0 Å². The smallest absolute Gasteiger partial charge is 0.341 e. The lowest BCUT2D eigenvalue weighted by molar-refractivity contribution is 0.0694. The zero-order valence-corrected chi connectivity index (χ0v) is 13.1. The minimum atomic E-state index is -1.40. The molecular weight excluding hydrogens is 304 g/mol. The highest BCUT2D eigenvalue weighted by atomic mass is 19.1. The van der Waals surface area contributed by atoms with E-state index in [-0.39, 0.29) is 22.5 Å². The van der Waals surface area contributed by atoms with E-state index in [1.165, 1.54) is 10.8 Å². The Bertz CT molecular complexity index is 890. The van der Waals surface area contributed by atoms with Crippen molar-refractivity contribution in [2.24, 2.45) is 0 Å². The van der Waals surface area contributed by atoms with E-state index in [9.17, 15) is 19.1 Å². The van der Waals surface area contributed by atoms with Gasteiger partial charge in [0.1, 0.15) is 11.4 Å². The highest BCUT2D eigenvalue weighted by Gasteiger charge is 2.32. The molecule has 0 unspecified atom stereocenters. The molecule has 4 nitrogen and oxygen atoms in total. The molecule has 1 fully saturated rings. The zero-order chi connectivity index (χ0) is 17.1. The summed E-state index contributed by atoms with van der Waals surface area (Å²) in [4.78, 5) is 23.6. The molecule has 1 heterocycles. The van der Waals surface area contributed by atoms with Crippen molar-refractivity contribution in [3.05, 3.63) is 45.2 Å². The van der Waals surface area contributed by atoms with Gasteiger partial charge in [0, 0.05) is 17.8 Å². The second-order valence-electron chi connectivity index (χ2n) is 7.01. The first-order chi connectivity index (χ1) is 10.6. The Morgan fingerprint density at radius 2 is 1.91 bits per heavy atom. The molecular formula is C17H17F2NO3. The van der Waals surface area contributed by atoms with E-state index in [1.807, 2.05) is 0 Å². The van der Waals surface area contributed by atoms with Gasteiger partial charge in [0.2, 0.25) is 5.43 Å². The summed E-state index contributed by atoms with van der Waals surface area (Å²) in [5, 5.41) is 8.95. The number of hydrogen-bond donors (Lipinski definition) is 1. The van der Waals surface area contributed by atoms with Crippen LogP contribution in [-0.4, -0.2) is 15.6 Å². The lowest BCUT2D eigenvalue weighted by atomic mass is 9.85. The second kappa shape index (κ2) is 4.88. The maximum atomic E-state index is 15.0. The van der Waals surface area contributed by atoms with Crippen molar-refractivity contribution in [1.82, 2.24) is 4.57 Å². The zero-order valence-electron chi connectivity index (χ0n) is 13.1. The van der Waals surface area contributed by atoms with Crippen molar-refractivity contribution >= 4 is 16.9 Å². The Labute approximate surface area is 131 Å². The van der Waals surface area contributed by atoms with Crippen LogP contribution in [0.4, 0.5) is 8.78 Å². The van der Waals surface area contributed by atoms with Crippen molar-refractivity contribution in [1.29, 1.82) is 0 Å². The number of carboxylic acids is 1. The molecule has 122 valence electrons. The Morgan fingerprint density at radius 1 is 1.30 bits per heavy atom. The van der Waals surface area contributed by atoms with Gasteiger partial charge in [-0.05, 0) is 24.3 Å². The molecule has 2 aromatic rings. The van der Waals surface area contributed by atoms with Crippen molar-refractivity contribution in [3.8, 4) is 0 Å². The number of aromatic nitrogens is 1. The fraction of sp³-hybridized carbons (Fsp3) is 0.412. The van der Waals surface area contributed by atoms with E-state index < -0.39 is 34.0 Å². The lowest BCUT2D eigenvalue weighted by Gasteiger charge is -2.23. The minimum Gasteiger partial charge on any atom is -0.477 e. The molecule has 0 amide bonds. The third-order valence-electron chi connectivity index (χ3n) is 4.13. The summed E-state index contributed by atoms with van der Waals surface area (Å²) in [7, 11) is 0. The Morgan fingerprint density at radius 3 is 2.39 bits per heavy atom. The number of aromatic carboxylic acids is 1. The summed E-state index contributed by atoms with van der Waals surface area (Å²) in [5.74, 6) is -3.01. The van der Waals surface area contributed by atoms with Crippen LogP contribution in [0.1, 0.15) is 55.6 Å². The van der Waals surface area contributed by atoms with Gasteiger partial charge in [-0.3, -0.25) is 4.79 Å². The third-order valence-corrected chi connectivity index (χ3v) is 4.13. The Hall–Kier alpha value is -2.24. The molecule has 1 aromatic carbocycles. The lowest BCUT2D eigenvalue weighted by Crippen LogP contribution is -2.23. The van der Waals surface area contributed by atoms with Crippen molar-refractivity contribution in [2.75, 3.05) is 0 Å². The number of nitrogens with zero attached hydrogens (tertiary/aromatic N) is 1. The molecule has 0 spiro atoms. The highest BCUT2D eigenvalue weighted by molar-refractivity contribution is 5.93. The van der Waals surface area contributed by atoms with Crippen molar-refractivity contribution in [3.63, 3.8) is 0 Å². The van der Waals surface area contributed by atoms with E-state index in [0.29, 0.717) is 0 Å². The van der Waals surface area contributed by atoms with Crippen LogP contribution in [0.2, 0.25) is 0 Å². The molecule has 1 aliphatic carbocycles. The van der Waals surface area contributed by atoms with E-state index in [0.717, 1.165) is 18.9 Å². The molecule has 6 heteroatoms. The summed E-state index contributed by atoms with van der Waals surface area (Å²) >= 11 is 0. The summed E-state index contributed by atoms with van der Waals surface area (Å²) in [6.45, 7) is 5.06. The molecule has 1 saturated carbocycles. The van der Waals surface area contributed by atoms with Crippen LogP contribution in [0.3, 0.4) is 0 Å². The van der Waals surface area contributed by atoms with Gasteiger partial charge in [0.15, 0.2) is 5.82 Å². The fourth-order valence-corrected chi connectivity index (χ4v) is 2.92. The molecule has 0 radical (unpaired) electrons. The van der Waals surface area contributed by atoms with Gasteiger partial charge >= 0.3 is 5.97 Å². The molecule has 1 aliphatic rings. The number of carbonyl (C=O) groups is 1. The minimum absolute atomic E-state index is 0.00572. The van der Waals surface area contributed by atoms with Crippen LogP contribution in [-0.2, 0) is 5.41 Å². The molecule has 23 heavy (non-hydrogen) atoms. The number of pyridine rings is 1. The number of carboxylic acid groups (broad SMARTS) is 1. The van der Waals surface area contributed by atoms with Crippen LogP contribution in [0.25, 0.3) is 10.9 Å². The number of benzene rings is 1.